The van der Waals surface area contributed by atoms with Crippen LogP contribution in [0.3, 0.4) is 0 Å². The van der Waals surface area contributed by atoms with Gasteiger partial charge in [0.2, 0.25) is 10.0 Å². The SMILES string of the molecule is C[C](=O)[Na].Nc1ccc(S(N)(=O)=O)cc1. The summed E-state index contributed by atoms with van der Waals surface area (Å²) in [6.45, 7) is 1.59. The molecule has 0 spiro atoms. The number of hydrogen-bond acceptors (Lipinski definition) is 4. The predicted octanol–water partition coefficient (Wildman–Crippen LogP) is -0.382. The van der Waals surface area contributed by atoms with Crippen molar-refractivity contribution >= 4 is 46.7 Å². The fourth-order valence-corrected chi connectivity index (χ4v) is 1.17. The van der Waals surface area contributed by atoms with Crippen LogP contribution in [-0.4, -0.2) is 39.4 Å². The van der Waals surface area contributed by atoms with Crippen LogP contribution in [0.1, 0.15) is 6.92 Å². The first-order valence-corrected chi connectivity index (χ1v) is 6.63. The van der Waals surface area contributed by atoms with E-state index in [9.17, 15) is 13.2 Å². The van der Waals surface area contributed by atoms with Gasteiger partial charge in [0, 0.05) is 5.69 Å². The van der Waals surface area contributed by atoms with Crippen molar-refractivity contribution in [2.24, 2.45) is 5.14 Å². The van der Waals surface area contributed by atoms with E-state index in [2.05, 4.69) is 0 Å². The molecule has 0 aliphatic heterocycles. The summed E-state index contributed by atoms with van der Waals surface area (Å²) in [7, 11) is -3.58. The van der Waals surface area contributed by atoms with Gasteiger partial charge in [0.25, 0.3) is 0 Å². The second-order valence-corrected chi connectivity index (χ2v) is 5.99. The molecule has 0 aliphatic rings. The van der Waals surface area contributed by atoms with Crippen molar-refractivity contribution in [2.75, 3.05) is 5.73 Å². The molecule has 1 aromatic carbocycles. The van der Waals surface area contributed by atoms with Gasteiger partial charge in [0.05, 0.1) is 4.90 Å². The van der Waals surface area contributed by atoms with Gasteiger partial charge in [-0.15, -0.1) is 0 Å². The summed E-state index contributed by atoms with van der Waals surface area (Å²) in [5.41, 5.74) is 5.85. The van der Waals surface area contributed by atoms with Gasteiger partial charge in [0.1, 0.15) is 0 Å². The molecule has 0 amide bonds. The second-order valence-electron chi connectivity index (χ2n) is 3.02. The number of primary sulfonamides is 1. The molecule has 0 bridgehead atoms. The minimum absolute atomic E-state index is 0.0756. The Labute approximate surface area is 106 Å². The molecule has 0 fully saturated rings. The maximum atomic E-state index is 10.7. The third kappa shape index (κ3) is 7.52. The predicted molar refractivity (Wildman–Crippen MR) is 58.7 cm³/mol. The average molecular weight is 238 g/mol. The Morgan fingerprint density at radius 3 is 1.87 bits per heavy atom. The van der Waals surface area contributed by atoms with Crippen LogP contribution in [0, 0.1) is 0 Å². The Hall–Kier alpha value is -0.400. The molecule has 0 radical (unpaired) electrons. The van der Waals surface area contributed by atoms with Gasteiger partial charge in [-0.1, -0.05) is 0 Å². The van der Waals surface area contributed by atoms with Crippen LogP contribution in [0.4, 0.5) is 5.69 Å². The fourth-order valence-electron chi connectivity index (χ4n) is 0.658. The van der Waals surface area contributed by atoms with Crippen molar-refractivity contribution in [3.63, 3.8) is 0 Å². The Kier molecular flexibility index (Phi) is 6.07. The molecule has 5 nitrogen and oxygen atoms in total. The number of rotatable bonds is 1. The molecule has 78 valence electrons. The van der Waals surface area contributed by atoms with Crippen molar-refractivity contribution in [3.8, 4) is 0 Å². The van der Waals surface area contributed by atoms with Gasteiger partial charge in [-0.3, -0.25) is 0 Å². The van der Waals surface area contributed by atoms with E-state index in [1.165, 1.54) is 24.3 Å². The second kappa shape index (κ2) is 6.24. The van der Waals surface area contributed by atoms with Crippen molar-refractivity contribution in [2.45, 2.75) is 11.8 Å². The molecule has 15 heavy (non-hydrogen) atoms. The standard InChI is InChI=1S/C6H8N2O2S.C2H3O.Na/c7-5-1-3-6(4-2-5)11(8,9)10;1-2-3;/h1-4H,7H2,(H2,8,9,10);1H3;. The first-order valence-electron chi connectivity index (χ1n) is 4.09. The number of hydrogen-bond donors (Lipinski definition) is 2. The molecular formula is C8H11N2NaO3S. The molecule has 0 saturated heterocycles. The smallest absolute Gasteiger partial charge is 0.238 e. The van der Waals surface area contributed by atoms with Crippen LogP contribution >= 0.6 is 0 Å². The summed E-state index contributed by atoms with van der Waals surface area (Å²) in [4.78, 5) is 9.58. The number of sulfonamides is 1. The Balaban J connectivity index is 0.000000423. The normalized spacial score (nSPS) is 10.1. The maximum Gasteiger partial charge on any atom is 0.238 e. The van der Waals surface area contributed by atoms with Crippen molar-refractivity contribution in [1.29, 1.82) is 0 Å². The summed E-state index contributed by atoms with van der Waals surface area (Å²) in [6, 6.07) is 5.70. The van der Waals surface area contributed by atoms with Crippen molar-refractivity contribution in [1.82, 2.24) is 0 Å². The molecule has 0 saturated carbocycles. The molecule has 7 heteroatoms. The zero-order valence-electron chi connectivity index (χ0n) is 8.60. The number of nitrogen functional groups attached to an aromatic ring is 1. The average Bonchev–Trinajstić information content (AvgIpc) is 2.01. The minimum Gasteiger partial charge on any atom is -0.399 e. The van der Waals surface area contributed by atoms with E-state index in [0.717, 1.165) is 0 Å². The molecule has 1 rings (SSSR count). The number of benzene rings is 1. The molecule has 1 aromatic rings. The molecule has 0 heterocycles. The fraction of sp³-hybridized carbons (Fsp3) is 0.125. The molecule has 4 N–H and O–H groups in total. The van der Waals surface area contributed by atoms with Gasteiger partial charge in [-0.25, -0.2) is 13.6 Å². The molecular weight excluding hydrogens is 227 g/mol. The van der Waals surface area contributed by atoms with E-state index in [4.69, 9.17) is 10.9 Å². The van der Waals surface area contributed by atoms with E-state index >= 15 is 0 Å². The largest absolute Gasteiger partial charge is 0.399 e. The Morgan fingerprint density at radius 1 is 1.27 bits per heavy atom. The quantitative estimate of drug-likeness (QED) is 0.514. The van der Waals surface area contributed by atoms with E-state index in [0.29, 0.717) is 36.7 Å². The van der Waals surface area contributed by atoms with Crippen molar-refractivity contribution in [3.05, 3.63) is 24.3 Å². The summed E-state index contributed by atoms with van der Waals surface area (Å²) in [6.07, 6.45) is 0. The van der Waals surface area contributed by atoms with Crippen molar-refractivity contribution < 1.29 is 13.2 Å². The first-order chi connectivity index (χ1) is 6.73. The van der Waals surface area contributed by atoms with Gasteiger partial charge in [0.15, 0.2) is 0 Å². The van der Waals surface area contributed by atoms with Crippen LogP contribution in [0.5, 0.6) is 0 Å². The molecule has 0 aliphatic carbocycles. The zero-order chi connectivity index (χ0) is 12.1. The van der Waals surface area contributed by atoms with Crippen LogP contribution in [-0.2, 0) is 14.8 Å². The summed E-state index contributed by atoms with van der Waals surface area (Å²) < 4.78 is 21.7. The number of anilines is 1. The van der Waals surface area contributed by atoms with Gasteiger partial charge in [-0.05, 0) is 24.3 Å². The van der Waals surface area contributed by atoms with Gasteiger partial charge >= 0.3 is 42.7 Å². The monoisotopic (exact) mass is 238 g/mol. The Bertz CT molecular complexity index is 424. The molecule has 0 atom stereocenters. The van der Waals surface area contributed by atoms with Crippen LogP contribution in [0.25, 0.3) is 0 Å². The maximum absolute atomic E-state index is 10.7. The number of carbonyl (C=O) groups is 1. The third-order valence-electron chi connectivity index (χ3n) is 1.21. The number of nitrogens with two attached hydrogens (primary N) is 2. The molecule has 0 aromatic heterocycles. The topological polar surface area (TPSA) is 103 Å². The third-order valence-corrected chi connectivity index (χ3v) is 2.14. The van der Waals surface area contributed by atoms with Gasteiger partial charge in [-0.2, -0.15) is 0 Å². The van der Waals surface area contributed by atoms with E-state index in [1.54, 1.807) is 6.92 Å². The van der Waals surface area contributed by atoms with Crippen LogP contribution in [0.2, 0.25) is 0 Å². The van der Waals surface area contributed by atoms with E-state index < -0.39 is 10.0 Å². The summed E-state index contributed by atoms with van der Waals surface area (Å²) >= 11 is 0.710. The molecule has 0 unspecified atom stereocenters. The van der Waals surface area contributed by atoms with E-state index in [-0.39, 0.29) is 4.90 Å². The first kappa shape index (κ1) is 14.6. The minimum atomic E-state index is -3.58. The summed E-state index contributed by atoms with van der Waals surface area (Å²) in [5.74, 6) is 0. The van der Waals surface area contributed by atoms with Gasteiger partial charge < -0.3 is 5.73 Å². The van der Waals surface area contributed by atoms with Crippen LogP contribution in [0.15, 0.2) is 29.2 Å². The van der Waals surface area contributed by atoms with E-state index in [1.807, 2.05) is 0 Å². The Morgan fingerprint density at radius 2 is 1.60 bits per heavy atom. The number of carbonyl (C=O) groups excluding carboxylic acids is 1. The van der Waals surface area contributed by atoms with Crippen LogP contribution < -0.4 is 10.9 Å². The summed E-state index contributed by atoms with van der Waals surface area (Å²) in [5, 5.41) is 4.84. The zero-order valence-corrected chi connectivity index (χ0v) is 11.4.